The Bertz CT molecular complexity index is 714. The lowest BCUT2D eigenvalue weighted by molar-refractivity contribution is 1.03. The number of nitrogens with one attached hydrogen (secondary N) is 1. The number of hydrogen-bond donors (Lipinski definition) is 1. The van der Waals surface area contributed by atoms with Crippen LogP contribution in [0.4, 0.5) is 11.6 Å². The highest BCUT2D eigenvalue weighted by Crippen LogP contribution is 2.20. The third kappa shape index (κ3) is 2.48. The summed E-state index contributed by atoms with van der Waals surface area (Å²) in [5.41, 5.74) is 3.48. The Morgan fingerprint density at radius 1 is 0.895 bits per heavy atom. The zero-order valence-corrected chi connectivity index (χ0v) is 10.8. The Hall–Kier alpha value is -2.20. The summed E-state index contributed by atoms with van der Waals surface area (Å²) in [6, 6.07) is 15.4. The zero-order valence-electron chi connectivity index (χ0n) is 10.0. The van der Waals surface area contributed by atoms with Gasteiger partial charge in [0.15, 0.2) is 0 Å². The lowest BCUT2D eigenvalue weighted by Gasteiger charge is -2.08. The van der Waals surface area contributed by atoms with Gasteiger partial charge in [0.1, 0.15) is 5.52 Å². The summed E-state index contributed by atoms with van der Waals surface area (Å²) in [4.78, 5) is 4.42. The van der Waals surface area contributed by atoms with E-state index in [0.29, 0.717) is 11.8 Å². The maximum Gasteiger partial charge on any atom is 0.247 e. The minimum Gasteiger partial charge on any atom is -0.323 e. The minimum absolute atomic E-state index is 0.435. The molecule has 0 bridgehead atoms. The molecule has 5 heteroatoms. The Labute approximate surface area is 115 Å². The van der Waals surface area contributed by atoms with E-state index in [2.05, 4.69) is 20.5 Å². The van der Waals surface area contributed by atoms with Gasteiger partial charge in [-0.2, -0.15) is 0 Å². The van der Waals surface area contributed by atoms with Crippen molar-refractivity contribution in [2.75, 3.05) is 5.32 Å². The van der Waals surface area contributed by atoms with Crippen molar-refractivity contribution in [3.05, 3.63) is 54.1 Å². The minimum atomic E-state index is 0.435. The van der Waals surface area contributed by atoms with Crippen molar-refractivity contribution >= 4 is 34.3 Å². The molecule has 0 fully saturated rings. The maximum absolute atomic E-state index is 5.90. The van der Waals surface area contributed by atoms with Crippen LogP contribution < -0.4 is 5.32 Å². The third-order valence-electron chi connectivity index (χ3n) is 2.77. The molecule has 2 aromatic carbocycles. The fraction of sp³-hybridized carbons (Fsp3) is 0.0714. The predicted molar refractivity (Wildman–Crippen MR) is 76.6 cm³/mol. The number of rotatable bonds is 3. The first-order chi connectivity index (χ1) is 9.36. The van der Waals surface area contributed by atoms with Gasteiger partial charge in [0, 0.05) is 11.6 Å². The molecule has 0 radical (unpaired) electrons. The second-order valence-corrected chi connectivity index (χ2v) is 4.31. The Morgan fingerprint density at radius 3 is 2.47 bits per heavy atom. The smallest absolute Gasteiger partial charge is 0.247 e. The van der Waals surface area contributed by atoms with Crippen LogP contribution >= 0.6 is 11.6 Å². The van der Waals surface area contributed by atoms with Crippen molar-refractivity contribution < 1.29 is 0 Å². The van der Waals surface area contributed by atoms with Crippen LogP contribution in [0.1, 0.15) is 5.56 Å². The van der Waals surface area contributed by atoms with Gasteiger partial charge in [-0.25, -0.2) is 4.98 Å². The van der Waals surface area contributed by atoms with Crippen LogP contribution in [0.2, 0.25) is 0 Å². The number of hydrogen-bond acceptors (Lipinski definition) is 4. The molecule has 0 unspecified atom stereocenters. The van der Waals surface area contributed by atoms with E-state index in [1.165, 1.54) is 0 Å². The predicted octanol–water partition coefficient (Wildman–Crippen LogP) is 3.51. The summed E-state index contributed by atoms with van der Waals surface area (Å²) < 4.78 is 0. The molecule has 0 saturated carbocycles. The molecule has 3 aromatic rings. The Morgan fingerprint density at radius 2 is 1.63 bits per heavy atom. The SMILES string of the molecule is ClCc1ccccc1Nc1nnc2ccccc2n1. The highest BCUT2D eigenvalue weighted by atomic mass is 35.5. The van der Waals surface area contributed by atoms with E-state index in [0.717, 1.165) is 22.3 Å². The van der Waals surface area contributed by atoms with E-state index < -0.39 is 0 Å². The van der Waals surface area contributed by atoms with Crippen LogP contribution in [0, 0.1) is 0 Å². The molecular weight excluding hydrogens is 260 g/mol. The van der Waals surface area contributed by atoms with Gasteiger partial charge in [-0.1, -0.05) is 30.3 Å². The van der Waals surface area contributed by atoms with Gasteiger partial charge < -0.3 is 5.32 Å². The molecule has 1 aromatic heterocycles. The number of para-hydroxylation sites is 2. The molecule has 0 aliphatic heterocycles. The fourth-order valence-electron chi connectivity index (χ4n) is 1.81. The van der Waals surface area contributed by atoms with Crippen LogP contribution in [-0.4, -0.2) is 15.2 Å². The normalized spacial score (nSPS) is 10.6. The average Bonchev–Trinajstić information content (AvgIpc) is 2.48. The summed E-state index contributed by atoms with van der Waals surface area (Å²) in [5.74, 6) is 0.903. The van der Waals surface area contributed by atoms with Gasteiger partial charge in [0.2, 0.25) is 5.95 Å². The Kier molecular flexibility index (Phi) is 3.25. The molecule has 3 rings (SSSR count). The topological polar surface area (TPSA) is 50.7 Å². The number of halogens is 1. The summed E-state index contributed by atoms with van der Waals surface area (Å²) >= 11 is 5.90. The molecule has 19 heavy (non-hydrogen) atoms. The summed E-state index contributed by atoms with van der Waals surface area (Å²) in [5, 5.41) is 11.3. The molecule has 0 spiro atoms. The molecule has 4 nitrogen and oxygen atoms in total. The number of aromatic nitrogens is 3. The van der Waals surface area contributed by atoms with Gasteiger partial charge in [-0.05, 0) is 23.8 Å². The maximum atomic E-state index is 5.90. The first-order valence-corrected chi connectivity index (χ1v) is 6.40. The lowest BCUT2D eigenvalue weighted by Crippen LogP contribution is -2.01. The van der Waals surface area contributed by atoms with E-state index in [9.17, 15) is 0 Å². The second kappa shape index (κ2) is 5.20. The first kappa shape index (κ1) is 11.9. The monoisotopic (exact) mass is 270 g/mol. The van der Waals surface area contributed by atoms with E-state index >= 15 is 0 Å². The van der Waals surface area contributed by atoms with Crippen molar-refractivity contribution in [2.24, 2.45) is 0 Å². The van der Waals surface area contributed by atoms with Crippen LogP contribution in [0.5, 0.6) is 0 Å². The molecule has 0 amide bonds. The number of anilines is 2. The van der Waals surface area contributed by atoms with Crippen LogP contribution in [-0.2, 0) is 5.88 Å². The highest BCUT2D eigenvalue weighted by Gasteiger charge is 2.04. The summed E-state index contributed by atoms with van der Waals surface area (Å²) in [7, 11) is 0. The van der Waals surface area contributed by atoms with Crippen LogP contribution in [0.15, 0.2) is 48.5 Å². The summed E-state index contributed by atoms with van der Waals surface area (Å²) in [6.07, 6.45) is 0. The lowest BCUT2D eigenvalue weighted by atomic mass is 10.2. The Balaban J connectivity index is 1.96. The molecular formula is C14H11ClN4. The van der Waals surface area contributed by atoms with Crippen molar-refractivity contribution in [2.45, 2.75) is 5.88 Å². The molecule has 0 atom stereocenters. The van der Waals surface area contributed by atoms with Crippen LogP contribution in [0.3, 0.4) is 0 Å². The van der Waals surface area contributed by atoms with Gasteiger partial charge in [-0.15, -0.1) is 21.8 Å². The molecule has 1 N–H and O–H groups in total. The van der Waals surface area contributed by atoms with Crippen molar-refractivity contribution in [3.8, 4) is 0 Å². The van der Waals surface area contributed by atoms with Crippen molar-refractivity contribution in [1.82, 2.24) is 15.2 Å². The van der Waals surface area contributed by atoms with Gasteiger partial charge >= 0.3 is 0 Å². The number of nitrogens with zero attached hydrogens (tertiary/aromatic N) is 3. The standard InChI is InChI=1S/C14H11ClN4/c15-9-10-5-1-2-6-11(10)16-14-17-12-7-3-4-8-13(12)18-19-14/h1-8H,9H2,(H,16,17,19). The van der Waals surface area contributed by atoms with Crippen molar-refractivity contribution in [1.29, 1.82) is 0 Å². The molecule has 0 aliphatic carbocycles. The second-order valence-electron chi connectivity index (χ2n) is 4.04. The molecule has 1 heterocycles. The first-order valence-electron chi connectivity index (χ1n) is 5.87. The molecule has 94 valence electrons. The van der Waals surface area contributed by atoms with Gasteiger partial charge in [0.25, 0.3) is 0 Å². The van der Waals surface area contributed by atoms with Crippen molar-refractivity contribution in [3.63, 3.8) is 0 Å². The van der Waals surface area contributed by atoms with E-state index in [1.54, 1.807) is 0 Å². The molecule has 0 aliphatic rings. The summed E-state index contributed by atoms with van der Waals surface area (Å²) in [6.45, 7) is 0. The molecule has 0 saturated heterocycles. The quantitative estimate of drug-likeness (QED) is 0.740. The third-order valence-corrected chi connectivity index (χ3v) is 3.06. The largest absolute Gasteiger partial charge is 0.323 e. The van der Waals surface area contributed by atoms with Gasteiger partial charge in [0.05, 0.1) is 5.52 Å². The number of benzene rings is 2. The average molecular weight is 271 g/mol. The van der Waals surface area contributed by atoms with E-state index in [4.69, 9.17) is 11.6 Å². The zero-order chi connectivity index (χ0) is 13.1. The van der Waals surface area contributed by atoms with Gasteiger partial charge in [-0.3, -0.25) is 0 Å². The number of alkyl halides is 1. The van der Waals surface area contributed by atoms with E-state index in [-0.39, 0.29) is 0 Å². The van der Waals surface area contributed by atoms with E-state index in [1.807, 2.05) is 48.5 Å². The van der Waals surface area contributed by atoms with Crippen LogP contribution in [0.25, 0.3) is 11.0 Å². The highest BCUT2D eigenvalue weighted by molar-refractivity contribution is 6.17. The fourth-order valence-corrected chi connectivity index (χ4v) is 2.05. The number of fused-ring (bicyclic) bond motifs is 1.